The van der Waals surface area contributed by atoms with Gasteiger partial charge in [-0.05, 0) is 57.2 Å². The lowest BCUT2D eigenvalue weighted by atomic mass is 10.1. The van der Waals surface area contributed by atoms with Gasteiger partial charge in [-0.3, -0.25) is 9.48 Å². The van der Waals surface area contributed by atoms with Crippen LogP contribution in [0.15, 0.2) is 30.4 Å². The van der Waals surface area contributed by atoms with E-state index in [9.17, 15) is 4.79 Å². The second-order valence-electron chi connectivity index (χ2n) is 9.14. The van der Waals surface area contributed by atoms with Crippen molar-refractivity contribution in [2.45, 2.75) is 93.7 Å². The maximum atomic E-state index is 13.1. The van der Waals surface area contributed by atoms with Crippen molar-refractivity contribution in [2.75, 3.05) is 31.6 Å². The van der Waals surface area contributed by atoms with Crippen molar-refractivity contribution in [1.29, 1.82) is 5.41 Å². The van der Waals surface area contributed by atoms with Crippen LogP contribution in [0.5, 0.6) is 5.75 Å². The fourth-order valence-electron chi connectivity index (χ4n) is 4.76. The molecule has 1 saturated heterocycles. The number of piperazine rings is 1. The summed E-state index contributed by atoms with van der Waals surface area (Å²) in [5, 5.41) is 12.0. The Morgan fingerprint density at radius 3 is 2.39 bits per heavy atom. The normalized spacial score (nSPS) is 14.9. The maximum absolute atomic E-state index is 13.1. The number of aromatic nitrogens is 2. The Hall–Kier alpha value is -3.09. The molecule has 1 fully saturated rings. The Labute approximate surface area is 231 Å². The molecule has 1 unspecified atom stereocenters. The van der Waals surface area contributed by atoms with Crippen molar-refractivity contribution in [3.05, 3.63) is 52.9 Å². The second kappa shape index (κ2) is 17.4. The van der Waals surface area contributed by atoms with Crippen molar-refractivity contribution < 1.29 is 9.53 Å². The van der Waals surface area contributed by atoms with Gasteiger partial charge in [-0.15, -0.1) is 0 Å². The minimum absolute atomic E-state index is 0.0979. The molecule has 0 radical (unpaired) electrons. The average molecular weight is 526 g/mol. The third-order valence-electron chi connectivity index (χ3n) is 6.78. The summed E-state index contributed by atoms with van der Waals surface area (Å²) < 4.78 is 7.37. The zero-order valence-electron chi connectivity index (χ0n) is 25.3. The molecule has 38 heavy (non-hydrogen) atoms. The van der Waals surface area contributed by atoms with Crippen LogP contribution in [0.3, 0.4) is 0 Å². The molecule has 1 aromatic heterocycles. The molecule has 7 heteroatoms. The van der Waals surface area contributed by atoms with E-state index in [0.717, 1.165) is 60.7 Å². The number of rotatable bonds is 9. The Bertz CT molecular complexity index is 1030. The van der Waals surface area contributed by atoms with Gasteiger partial charge in [0.15, 0.2) is 0 Å². The highest BCUT2D eigenvalue weighted by molar-refractivity contribution is 5.77. The van der Waals surface area contributed by atoms with Gasteiger partial charge in [0.25, 0.3) is 0 Å². The number of carbonyl (C=O) groups is 1. The highest BCUT2D eigenvalue weighted by Gasteiger charge is 2.28. The number of carbonyl (C=O) groups excluding carboxylic acids is 1. The van der Waals surface area contributed by atoms with Gasteiger partial charge in [0, 0.05) is 55.8 Å². The molecule has 1 amide bonds. The Kier molecular flexibility index (Phi) is 15.1. The first-order valence-electron chi connectivity index (χ1n) is 14.2. The minimum atomic E-state index is 0.0979. The highest BCUT2D eigenvalue weighted by atomic mass is 16.5. The molecule has 0 spiro atoms. The van der Waals surface area contributed by atoms with E-state index in [-0.39, 0.29) is 18.5 Å². The van der Waals surface area contributed by atoms with Crippen molar-refractivity contribution in [2.24, 2.45) is 0 Å². The van der Waals surface area contributed by atoms with Crippen molar-refractivity contribution in [1.82, 2.24) is 14.7 Å². The van der Waals surface area contributed by atoms with Gasteiger partial charge in [0.1, 0.15) is 12.3 Å². The highest BCUT2D eigenvalue weighted by Crippen LogP contribution is 2.28. The SMILES string of the molecule is C/C=C/CC.CC.CCc1ccc(N2CCN(C(=O)Cn3nc(CC=N)c(CC)c3C)C(C)C2)cc1OC. The van der Waals surface area contributed by atoms with E-state index in [1.165, 1.54) is 11.8 Å². The molecular formula is C31H51N5O2. The van der Waals surface area contributed by atoms with Gasteiger partial charge in [0.05, 0.1) is 12.8 Å². The van der Waals surface area contributed by atoms with Crippen molar-refractivity contribution in [3.63, 3.8) is 0 Å². The molecule has 2 heterocycles. The molecule has 3 rings (SSSR count). The number of methoxy groups -OCH3 is 1. The molecule has 1 N–H and O–H groups in total. The minimum Gasteiger partial charge on any atom is -0.496 e. The first-order chi connectivity index (χ1) is 18.3. The van der Waals surface area contributed by atoms with E-state index in [1.54, 1.807) is 7.11 Å². The molecule has 1 aliphatic heterocycles. The fourth-order valence-corrected chi connectivity index (χ4v) is 4.76. The number of benzene rings is 1. The summed E-state index contributed by atoms with van der Waals surface area (Å²) in [6, 6.07) is 6.50. The van der Waals surface area contributed by atoms with Gasteiger partial charge < -0.3 is 19.9 Å². The van der Waals surface area contributed by atoms with Crippen LogP contribution in [0.1, 0.15) is 77.4 Å². The van der Waals surface area contributed by atoms with E-state index >= 15 is 0 Å². The first kappa shape index (κ1) is 32.9. The van der Waals surface area contributed by atoms with Crippen LogP contribution in [0.25, 0.3) is 0 Å². The number of nitrogens with one attached hydrogen (secondary N) is 1. The summed E-state index contributed by atoms with van der Waals surface area (Å²) in [5.41, 5.74) is 5.43. The van der Waals surface area contributed by atoms with E-state index in [0.29, 0.717) is 13.0 Å². The monoisotopic (exact) mass is 525 g/mol. The zero-order valence-corrected chi connectivity index (χ0v) is 25.3. The van der Waals surface area contributed by atoms with Crippen LogP contribution >= 0.6 is 0 Å². The predicted octanol–water partition coefficient (Wildman–Crippen LogP) is 6.25. The van der Waals surface area contributed by atoms with Gasteiger partial charge in [-0.1, -0.05) is 52.8 Å². The molecular weight excluding hydrogens is 474 g/mol. The van der Waals surface area contributed by atoms with Crippen molar-refractivity contribution >= 4 is 17.8 Å². The number of anilines is 1. The lowest BCUT2D eigenvalue weighted by Gasteiger charge is -2.41. The average Bonchev–Trinajstić information content (AvgIpc) is 3.23. The molecule has 1 aromatic carbocycles. The summed E-state index contributed by atoms with van der Waals surface area (Å²) in [5.74, 6) is 1.02. The topological polar surface area (TPSA) is 74.5 Å². The Morgan fingerprint density at radius 2 is 1.89 bits per heavy atom. The number of amides is 1. The summed E-state index contributed by atoms with van der Waals surface area (Å²) >= 11 is 0. The second-order valence-corrected chi connectivity index (χ2v) is 9.14. The van der Waals surface area contributed by atoms with E-state index in [1.807, 2.05) is 37.3 Å². The lowest BCUT2D eigenvalue weighted by Crippen LogP contribution is -2.54. The molecule has 0 saturated carbocycles. The van der Waals surface area contributed by atoms with Crippen LogP contribution < -0.4 is 9.64 Å². The van der Waals surface area contributed by atoms with Crippen LogP contribution in [-0.2, 0) is 30.6 Å². The van der Waals surface area contributed by atoms with Gasteiger partial charge in [-0.25, -0.2) is 0 Å². The molecule has 0 bridgehead atoms. The van der Waals surface area contributed by atoms with Crippen LogP contribution in [-0.4, -0.2) is 59.6 Å². The molecule has 1 atom stereocenters. The zero-order chi connectivity index (χ0) is 28.7. The molecule has 212 valence electrons. The summed E-state index contributed by atoms with van der Waals surface area (Å²) in [4.78, 5) is 17.4. The summed E-state index contributed by atoms with van der Waals surface area (Å²) in [7, 11) is 1.71. The number of hydrogen-bond acceptors (Lipinski definition) is 5. The molecule has 1 aliphatic rings. The number of nitrogens with zero attached hydrogens (tertiary/aromatic N) is 4. The molecule has 2 aromatic rings. The Morgan fingerprint density at radius 1 is 1.18 bits per heavy atom. The number of hydrogen-bond donors (Lipinski definition) is 1. The third-order valence-corrected chi connectivity index (χ3v) is 6.78. The van der Waals surface area contributed by atoms with Crippen LogP contribution in [0.4, 0.5) is 5.69 Å². The van der Waals surface area contributed by atoms with Crippen LogP contribution in [0.2, 0.25) is 0 Å². The summed E-state index contributed by atoms with van der Waals surface area (Å²) in [6.07, 6.45) is 9.03. The lowest BCUT2D eigenvalue weighted by molar-refractivity contribution is -0.134. The molecule has 0 aliphatic carbocycles. The van der Waals surface area contributed by atoms with E-state index < -0.39 is 0 Å². The third kappa shape index (κ3) is 8.74. The fraction of sp³-hybridized carbons (Fsp3) is 0.581. The number of ether oxygens (including phenoxy) is 1. The summed E-state index contributed by atoms with van der Waals surface area (Å²) in [6.45, 7) is 19.0. The largest absolute Gasteiger partial charge is 0.496 e. The van der Waals surface area contributed by atoms with E-state index in [2.05, 4.69) is 68.0 Å². The molecule has 7 nitrogen and oxygen atoms in total. The van der Waals surface area contributed by atoms with E-state index in [4.69, 9.17) is 10.1 Å². The van der Waals surface area contributed by atoms with Gasteiger partial charge in [-0.2, -0.15) is 5.10 Å². The van der Waals surface area contributed by atoms with Crippen LogP contribution in [0, 0.1) is 12.3 Å². The number of allylic oxidation sites excluding steroid dienone is 2. The maximum Gasteiger partial charge on any atom is 0.244 e. The van der Waals surface area contributed by atoms with Crippen molar-refractivity contribution in [3.8, 4) is 5.75 Å². The standard InChI is InChI=1S/C24H35N5O2.C5H10.C2H6/c1-6-19-8-9-20(14-23(19)31-5)27-12-13-28(17(3)15-27)24(30)16-29-18(4)21(7-2)22(26-29)10-11-25;1-3-5-4-2;1-2/h8-9,11,14,17,25H,6-7,10,12-13,15-16H2,1-5H3;3,5H,4H2,1-2H3;1-2H3/b;5-3+;. The first-order valence-corrected chi connectivity index (χ1v) is 14.2. The van der Waals surface area contributed by atoms with Gasteiger partial charge >= 0.3 is 0 Å². The smallest absolute Gasteiger partial charge is 0.244 e. The number of aryl methyl sites for hydroxylation is 1. The predicted molar refractivity (Wildman–Crippen MR) is 161 cm³/mol. The Balaban J connectivity index is 0.000000924. The van der Waals surface area contributed by atoms with Gasteiger partial charge in [0.2, 0.25) is 5.91 Å². The quantitative estimate of drug-likeness (QED) is 0.310.